The van der Waals surface area contributed by atoms with Crippen LogP contribution in [0, 0.1) is 5.82 Å². The highest BCUT2D eigenvalue weighted by molar-refractivity contribution is 5.35. The maximum Gasteiger partial charge on any atom is 0.171 e. The lowest BCUT2D eigenvalue weighted by atomic mass is 10.1. The van der Waals surface area contributed by atoms with Gasteiger partial charge in [0.2, 0.25) is 0 Å². The van der Waals surface area contributed by atoms with Crippen LogP contribution in [0.1, 0.15) is 30.1 Å². The molecular formula is C15H19FN4O. The summed E-state index contributed by atoms with van der Waals surface area (Å²) < 4.78 is 21.7. The number of nitrogens with two attached hydrogens (primary N) is 1. The first-order valence-electron chi connectivity index (χ1n) is 7.31. The Balaban J connectivity index is 1.77. The summed E-state index contributed by atoms with van der Waals surface area (Å²) in [6.07, 6.45) is 3.80. The van der Waals surface area contributed by atoms with Crippen molar-refractivity contribution >= 4 is 0 Å². The van der Waals surface area contributed by atoms with E-state index in [1.165, 1.54) is 6.07 Å². The van der Waals surface area contributed by atoms with Crippen molar-refractivity contribution in [2.45, 2.75) is 38.8 Å². The first kappa shape index (κ1) is 14.0. The smallest absolute Gasteiger partial charge is 0.171 e. The van der Waals surface area contributed by atoms with Gasteiger partial charge in [-0.3, -0.25) is 0 Å². The lowest BCUT2D eigenvalue weighted by Gasteiger charge is -2.16. The highest BCUT2D eigenvalue weighted by Crippen LogP contribution is 2.24. The monoisotopic (exact) mass is 290 g/mol. The van der Waals surface area contributed by atoms with Crippen LogP contribution in [-0.4, -0.2) is 21.3 Å². The Morgan fingerprint density at radius 2 is 2.19 bits per heavy atom. The van der Waals surface area contributed by atoms with Crippen LogP contribution in [0.3, 0.4) is 0 Å². The summed E-state index contributed by atoms with van der Waals surface area (Å²) in [6, 6.07) is 4.91. The molecule has 0 saturated carbocycles. The van der Waals surface area contributed by atoms with Gasteiger partial charge in [0.1, 0.15) is 12.4 Å². The molecule has 1 aliphatic rings. The molecule has 6 heteroatoms. The molecule has 0 saturated heterocycles. The molecule has 1 aromatic carbocycles. The van der Waals surface area contributed by atoms with Crippen molar-refractivity contribution in [3.8, 4) is 5.75 Å². The van der Waals surface area contributed by atoms with Crippen molar-refractivity contribution in [3.63, 3.8) is 0 Å². The number of hydrogen-bond acceptors (Lipinski definition) is 4. The first-order valence-corrected chi connectivity index (χ1v) is 7.31. The predicted octanol–water partition coefficient (Wildman–Crippen LogP) is 1.83. The summed E-state index contributed by atoms with van der Waals surface area (Å²) in [7, 11) is 0. The second kappa shape index (κ2) is 6.22. The molecule has 21 heavy (non-hydrogen) atoms. The van der Waals surface area contributed by atoms with Gasteiger partial charge in [-0.1, -0.05) is 12.1 Å². The highest BCUT2D eigenvalue weighted by atomic mass is 19.1. The second-order valence-corrected chi connectivity index (χ2v) is 5.20. The van der Waals surface area contributed by atoms with E-state index in [4.69, 9.17) is 10.5 Å². The third-order valence-electron chi connectivity index (χ3n) is 3.74. The van der Waals surface area contributed by atoms with Gasteiger partial charge in [0.25, 0.3) is 0 Å². The van der Waals surface area contributed by atoms with E-state index >= 15 is 0 Å². The number of halogens is 1. The Labute approximate surface area is 122 Å². The van der Waals surface area contributed by atoms with Crippen LogP contribution in [0.5, 0.6) is 5.75 Å². The van der Waals surface area contributed by atoms with Crippen LogP contribution < -0.4 is 10.5 Å². The Kier molecular flexibility index (Phi) is 4.15. The molecule has 1 aromatic heterocycles. The van der Waals surface area contributed by atoms with Crippen molar-refractivity contribution in [2.24, 2.45) is 5.73 Å². The largest absolute Gasteiger partial charge is 0.482 e. The van der Waals surface area contributed by atoms with Crippen LogP contribution in [0.2, 0.25) is 0 Å². The molecule has 2 heterocycles. The van der Waals surface area contributed by atoms with Crippen LogP contribution in [-0.2, 0) is 26.0 Å². The van der Waals surface area contributed by atoms with Gasteiger partial charge < -0.3 is 15.0 Å². The van der Waals surface area contributed by atoms with Gasteiger partial charge in [-0.15, -0.1) is 10.2 Å². The van der Waals surface area contributed by atoms with Crippen molar-refractivity contribution in [3.05, 3.63) is 41.2 Å². The van der Waals surface area contributed by atoms with E-state index in [9.17, 15) is 4.39 Å². The number of aryl methyl sites for hydroxylation is 1. The average molecular weight is 290 g/mol. The molecule has 0 amide bonds. The third kappa shape index (κ3) is 2.90. The number of benzene rings is 1. The Morgan fingerprint density at radius 1 is 1.29 bits per heavy atom. The normalized spacial score (nSPS) is 14.0. The third-order valence-corrected chi connectivity index (χ3v) is 3.74. The Bertz CT molecular complexity index is 626. The molecular weight excluding hydrogens is 271 g/mol. The highest BCUT2D eigenvalue weighted by Gasteiger charge is 2.17. The van der Waals surface area contributed by atoms with Gasteiger partial charge in [-0.2, -0.15) is 0 Å². The SMILES string of the molecule is NCCc1cccc(F)c1OCc1nnc2n1CCCC2. The van der Waals surface area contributed by atoms with Crippen LogP contribution in [0.4, 0.5) is 4.39 Å². The number of hydrogen-bond donors (Lipinski definition) is 1. The van der Waals surface area contributed by atoms with E-state index in [1.54, 1.807) is 6.07 Å². The summed E-state index contributed by atoms with van der Waals surface area (Å²) in [5, 5.41) is 8.33. The number of fused-ring (bicyclic) bond motifs is 1. The lowest BCUT2D eigenvalue weighted by Crippen LogP contribution is -2.15. The zero-order chi connectivity index (χ0) is 14.7. The van der Waals surface area contributed by atoms with Crippen LogP contribution in [0.15, 0.2) is 18.2 Å². The topological polar surface area (TPSA) is 66.0 Å². The maximum absolute atomic E-state index is 13.9. The molecule has 0 radical (unpaired) electrons. The van der Waals surface area contributed by atoms with E-state index < -0.39 is 0 Å². The van der Waals surface area contributed by atoms with E-state index in [1.807, 2.05) is 6.07 Å². The van der Waals surface area contributed by atoms with Crippen LogP contribution >= 0.6 is 0 Å². The zero-order valence-corrected chi connectivity index (χ0v) is 11.9. The van der Waals surface area contributed by atoms with Crippen molar-refractivity contribution in [1.82, 2.24) is 14.8 Å². The maximum atomic E-state index is 13.9. The summed E-state index contributed by atoms with van der Waals surface area (Å²) >= 11 is 0. The first-order chi connectivity index (χ1) is 10.3. The fraction of sp³-hybridized carbons (Fsp3) is 0.467. The molecule has 2 aromatic rings. The molecule has 2 N–H and O–H groups in total. The number of ether oxygens (including phenoxy) is 1. The Hall–Kier alpha value is -1.95. The predicted molar refractivity (Wildman–Crippen MR) is 76.5 cm³/mol. The molecule has 5 nitrogen and oxygen atoms in total. The fourth-order valence-corrected chi connectivity index (χ4v) is 2.68. The molecule has 0 fully saturated rings. The molecule has 0 spiro atoms. The lowest BCUT2D eigenvalue weighted by molar-refractivity contribution is 0.269. The van der Waals surface area contributed by atoms with E-state index in [0.29, 0.717) is 13.0 Å². The van der Waals surface area contributed by atoms with E-state index in [-0.39, 0.29) is 18.2 Å². The number of rotatable bonds is 5. The Morgan fingerprint density at radius 3 is 3.05 bits per heavy atom. The summed E-state index contributed by atoms with van der Waals surface area (Å²) in [4.78, 5) is 0. The van der Waals surface area contributed by atoms with Gasteiger partial charge in [0.05, 0.1) is 0 Å². The molecule has 0 bridgehead atoms. The summed E-state index contributed by atoms with van der Waals surface area (Å²) in [5.74, 6) is 1.66. The molecule has 0 aliphatic carbocycles. The van der Waals surface area contributed by atoms with Gasteiger partial charge in [0.15, 0.2) is 17.4 Å². The minimum Gasteiger partial charge on any atom is -0.482 e. The minimum absolute atomic E-state index is 0.228. The van der Waals surface area contributed by atoms with Crippen LogP contribution in [0.25, 0.3) is 0 Å². The van der Waals surface area contributed by atoms with Gasteiger partial charge >= 0.3 is 0 Å². The van der Waals surface area contributed by atoms with Gasteiger partial charge in [-0.05, 0) is 37.4 Å². The molecule has 0 atom stereocenters. The molecule has 112 valence electrons. The standard InChI is InChI=1S/C15H19FN4O/c16-12-5-3-4-11(7-8-17)15(12)21-10-14-19-18-13-6-1-2-9-20(13)14/h3-5H,1-2,6-10,17H2. The summed E-state index contributed by atoms with van der Waals surface area (Å²) in [6.45, 7) is 1.60. The van der Waals surface area contributed by atoms with Crippen molar-refractivity contribution < 1.29 is 9.13 Å². The van der Waals surface area contributed by atoms with Gasteiger partial charge in [-0.25, -0.2) is 4.39 Å². The minimum atomic E-state index is -0.362. The summed E-state index contributed by atoms with van der Waals surface area (Å²) in [5.41, 5.74) is 6.34. The number of para-hydroxylation sites is 1. The number of nitrogens with zero attached hydrogens (tertiary/aromatic N) is 3. The van der Waals surface area contributed by atoms with Gasteiger partial charge in [0, 0.05) is 13.0 Å². The average Bonchev–Trinajstić information content (AvgIpc) is 2.90. The fourth-order valence-electron chi connectivity index (χ4n) is 2.68. The van der Waals surface area contributed by atoms with Crippen molar-refractivity contribution in [1.29, 1.82) is 0 Å². The quantitative estimate of drug-likeness (QED) is 0.912. The molecule has 3 rings (SSSR count). The molecule has 1 aliphatic heterocycles. The van der Waals surface area contributed by atoms with E-state index in [2.05, 4.69) is 14.8 Å². The van der Waals surface area contributed by atoms with Crippen molar-refractivity contribution in [2.75, 3.05) is 6.54 Å². The molecule has 0 unspecified atom stereocenters. The number of aromatic nitrogens is 3. The van der Waals surface area contributed by atoms with E-state index in [0.717, 1.165) is 43.0 Å². The zero-order valence-electron chi connectivity index (χ0n) is 11.9. The second-order valence-electron chi connectivity index (χ2n) is 5.20.